The Hall–Kier alpha value is -0.570. The molecule has 0 radical (unpaired) electrons. The van der Waals surface area contributed by atoms with Gasteiger partial charge in [-0.2, -0.15) is 0 Å². The molecular weight excluding hydrogens is 188 g/mol. The zero-order valence-electron chi connectivity index (χ0n) is 9.78. The molecular formula is C12H22N2O. The molecule has 1 atom stereocenters. The summed E-state index contributed by atoms with van der Waals surface area (Å²) in [5, 5.41) is 0. The van der Waals surface area contributed by atoms with Crippen molar-refractivity contribution in [1.82, 2.24) is 4.90 Å². The van der Waals surface area contributed by atoms with E-state index in [0.717, 1.165) is 31.2 Å². The number of amides is 1. The molecule has 1 heterocycles. The summed E-state index contributed by atoms with van der Waals surface area (Å²) in [5.74, 6) is 1.53. The van der Waals surface area contributed by atoms with E-state index in [1.54, 1.807) is 0 Å². The van der Waals surface area contributed by atoms with Crippen LogP contribution in [0.1, 0.15) is 39.5 Å². The fraction of sp³-hybridized carbons (Fsp3) is 0.917. The van der Waals surface area contributed by atoms with Crippen LogP contribution in [0.25, 0.3) is 0 Å². The molecule has 2 fully saturated rings. The van der Waals surface area contributed by atoms with Crippen LogP contribution in [0.2, 0.25) is 0 Å². The first kappa shape index (κ1) is 10.9. The van der Waals surface area contributed by atoms with Crippen LogP contribution in [0.5, 0.6) is 0 Å². The minimum Gasteiger partial charge on any atom is -0.368 e. The van der Waals surface area contributed by atoms with Crippen LogP contribution >= 0.6 is 0 Å². The summed E-state index contributed by atoms with van der Waals surface area (Å²) in [6.45, 7) is 5.65. The van der Waals surface area contributed by atoms with Crippen LogP contribution < -0.4 is 5.73 Å². The second kappa shape index (κ2) is 4.12. The average Bonchev–Trinajstić information content (AvgIpc) is 2.48. The second-order valence-electron chi connectivity index (χ2n) is 5.43. The third-order valence-electron chi connectivity index (χ3n) is 4.18. The number of nitrogens with two attached hydrogens (primary N) is 1. The van der Waals surface area contributed by atoms with Crippen LogP contribution in [-0.2, 0) is 4.79 Å². The molecule has 1 aliphatic heterocycles. The van der Waals surface area contributed by atoms with Crippen molar-refractivity contribution in [2.24, 2.45) is 17.6 Å². The Morgan fingerprint density at radius 1 is 1.40 bits per heavy atom. The molecule has 2 rings (SSSR count). The Bertz CT molecular complexity index is 246. The molecule has 0 aromatic carbocycles. The van der Waals surface area contributed by atoms with Gasteiger partial charge < -0.3 is 5.73 Å². The minimum atomic E-state index is -0.125. The maximum Gasteiger partial charge on any atom is 0.234 e. The Balaban J connectivity index is 1.88. The molecule has 3 heteroatoms. The van der Waals surface area contributed by atoms with Crippen LogP contribution in [0, 0.1) is 11.8 Å². The van der Waals surface area contributed by atoms with E-state index in [9.17, 15) is 4.79 Å². The molecule has 0 aromatic rings. The number of carbonyl (C=O) groups excluding carboxylic acids is 1. The van der Waals surface area contributed by atoms with E-state index in [1.165, 1.54) is 12.8 Å². The minimum absolute atomic E-state index is 0.0307. The summed E-state index contributed by atoms with van der Waals surface area (Å²) in [7, 11) is 0. The highest BCUT2D eigenvalue weighted by Gasteiger charge is 2.41. The SMILES string of the molecule is CC(C)C1CC(N2CCC[C@H]2C(N)=O)C1. The van der Waals surface area contributed by atoms with E-state index in [0.29, 0.717) is 6.04 Å². The van der Waals surface area contributed by atoms with Crippen molar-refractivity contribution in [2.45, 2.75) is 51.6 Å². The number of primary amides is 1. The van der Waals surface area contributed by atoms with Crippen molar-refractivity contribution in [3.63, 3.8) is 0 Å². The smallest absolute Gasteiger partial charge is 0.234 e. The van der Waals surface area contributed by atoms with E-state index in [-0.39, 0.29) is 11.9 Å². The van der Waals surface area contributed by atoms with Gasteiger partial charge in [-0.05, 0) is 44.1 Å². The molecule has 1 saturated carbocycles. The molecule has 86 valence electrons. The summed E-state index contributed by atoms with van der Waals surface area (Å²) >= 11 is 0. The van der Waals surface area contributed by atoms with E-state index >= 15 is 0 Å². The molecule has 0 unspecified atom stereocenters. The molecule has 3 nitrogen and oxygen atoms in total. The Labute approximate surface area is 92.0 Å². The highest BCUT2D eigenvalue weighted by atomic mass is 16.1. The van der Waals surface area contributed by atoms with Gasteiger partial charge in [-0.3, -0.25) is 9.69 Å². The van der Waals surface area contributed by atoms with Crippen molar-refractivity contribution in [2.75, 3.05) is 6.54 Å². The zero-order chi connectivity index (χ0) is 11.0. The highest BCUT2D eigenvalue weighted by Crippen LogP contribution is 2.39. The number of carbonyl (C=O) groups is 1. The Morgan fingerprint density at radius 2 is 2.07 bits per heavy atom. The van der Waals surface area contributed by atoms with E-state index in [1.807, 2.05) is 0 Å². The summed E-state index contributed by atoms with van der Waals surface area (Å²) in [6.07, 6.45) is 4.64. The van der Waals surface area contributed by atoms with Crippen molar-refractivity contribution in [1.29, 1.82) is 0 Å². The lowest BCUT2D eigenvalue weighted by molar-refractivity contribution is -0.124. The molecule has 2 aliphatic rings. The molecule has 0 spiro atoms. The number of likely N-dealkylation sites (tertiary alicyclic amines) is 1. The van der Waals surface area contributed by atoms with Gasteiger partial charge in [-0.15, -0.1) is 0 Å². The predicted octanol–water partition coefficient (Wildman–Crippen LogP) is 1.37. The predicted molar refractivity (Wildman–Crippen MR) is 60.3 cm³/mol. The fourth-order valence-electron chi connectivity index (χ4n) is 2.98. The van der Waals surface area contributed by atoms with Crippen molar-refractivity contribution < 1.29 is 4.79 Å². The topological polar surface area (TPSA) is 46.3 Å². The largest absolute Gasteiger partial charge is 0.368 e. The van der Waals surface area contributed by atoms with Gasteiger partial charge in [0.2, 0.25) is 5.91 Å². The molecule has 0 aromatic heterocycles. The van der Waals surface area contributed by atoms with E-state index in [2.05, 4.69) is 18.7 Å². The standard InChI is InChI=1S/C12H22N2O/c1-8(2)9-6-10(7-9)14-5-3-4-11(14)12(13)15/h8-11H,3-7H2,1-2H3,(H2,13,15)/t9?,10?,11-/m0/s1. The van der Waals surface area contributed by atoms with Gasteiger partial charge in [0.25, 0.3) is 0 Å². The van der Waals surface area contributed by atoms with Gasteiger partial charge in [-0.25, -0.2) is 0 Å². The van der Waals surface area contributed by atoms with Gasteiger partial charge in [-0.1, -0.05) is 13.8 Å². The first-order chi connectivity index (χ1) is 7.09. The number of rotatable bonds is 3. The Morgan fingerprint density at radius 3 is 2.60 bits per heavy atom. The van der Waals surface area contributed by atoms with Gasteiger partial charge in [0.05, 0.1) is 6.04 Å². The van der Waals surface area contributed by atoms with Crippen LogP contribution in [-0.4, -0.2) is 29.4 Å². The molecule has 1 saturated heterocycles. The summed E-state index contributed by atoms with van der Waals surface area (Å²) in [4.78, 5) is 13.6. The number of hydrogen-bond acceptors (Lipinski definition) is 2. The monoisotopic (exact) mass is 210 g/mol. The number of nitrogens with zero attached hydrogens (tertiary/aromatic N) is 1. The molecule has 15 heavy (non-hydrogen) atoms. The number of hydrogen-bond donors (Lipinski definition) is 1. The first-order valence-electron chi connectivity index (χ1n) is 6.14. The average molecular weight is 210 g/mol. The molecule has 1 amide bonds. The summed E-state index contributed by atoms with van der Waals surface area (Å²) < 4.78 is 0. The Kier molecular flexibility index (Phi) is 3.01. The van der Waals surface area contributed by atoms with Crippen molar-refractivity contribution in [3.05, 3.63) is 0 Å². The van der Waals surface area contributed by atoms with Crippen LogP contribution in [0.3, 0.4) is 0 Å². The summed E-state index contributed by atoms with van der Waals surface area (Å²) in [5.41, 5.74) is 5.42. The molecule has 0 bridgehead atoms. The third-order valence-corrected chi connectivity index (χ3v) is 4.18. The van der Waals surface area contributed by atoms with Crippen molar-refractivity contribution in [3.8, 4) is 0 Å². The van der Waals surface area contributed by atoms with E-state index < -0.39 is 0 Å². The molecule has 1 aliphatic carbocycles. The fourth-order valence-corrected chi connectivity index (χ4v) is 2.98. The normalized spacial score (nSPS) is 36.9. The quantitative estimate of drug-likeness (QED) is 0.764. The van der Waals surface area contributed by atoms with Gasteiger partial charge in [0.15, 0.2) is 0 Å². The third kappa shape index (κ3) is 2.03. The lowest BCUT2D eigenvalue weighted by Crippen LogP contribution is -2.51. The maximum absolute atomic E-state index is 11.3. The van der Waals surface area contributed by atoms with Crippen LogP contribution in [0.4, 0.5) is 0 Å². The van der Waals surface area contributed by atoms with Crippen molar-refractivity contribution >= 4 is 5.91 Å². The maximum atomic E-state index is 11.3. The lowest BCUT2D eigenvalue weighted by Gasteiger charge is -2.45. The lowest BCUT2D eigenvalue weighted by atomic mass is 9.73. The second-order valence-corrected chi connectivity index (χ2v) is 5.43. The first-order valence-corrected chi connectivity index (χ1v) is 6.14. The summed E-state index contributed by atoms with van der Waals surface area (Å²) in [6, 6.07) is 0.667. The van der Waals surface area contributed by atoms with Gasteiger partial charge in [0.1, 0.15) is 0 Å². The van der Waals surface area contributed by atoms with Gasteiger partial charge in [0, 0.05) is 6.04 Å². The van der Waals surface area contributed by atoms with Crippen LogP contribution in [0.15, 0.2) is 0 Å². The highest BCUT2D eigenvalue weighted by molar-refractivity contribution is 5.80. The molecule has 2 N–H and O–H groups in total. The van der Waals surface area contributed by atoms with E-state index in [4.69, 9.17) is 5.73 Å². The zero-order valence-corrected chi connectivity index (χ0v) is 9.78. The van der Waals surface area contributed by atoms with Gasteiger partial charge >= 0.3 is 0 Å².